The molecule has 0 spiro atoms. The fourth-order valence-corrected chi connectivity index (χ4v) is 2.79. The Hall–Kier alpha value is -1.59. The van der Waals surface area contributed by atoms with Crippen LogP contribution in [0.5, 0.6) is 0 Å². The van der Waals surface area contributed by atoms with Gasteiger partial charge in [0, 0.05) is 32.2 Å². The minimum atomic E-state index is 0.283. The molecule has 1 aliphatic carbocycles. The van der Waals surface area contributed by atoms with Gasteiger partial charge in [-0.15, -0.1) is 0 Å². The number of guanidine groups is 1. The minimum Gasteiger partial charge on any atom is -0.379 e. The number of rotatable bonds is 12. The van der Waals surface area contributed by atoms with Crippen LogP contribution in [0.4, 0.5) is 0 Å². The second-order valence-corrected chi connectivity index (χ2v) is 6.58. The number of aliphatic imine (C=N–C) groups is 1. The van der Waals surface area contributed by atoms with Crippen molar-refractivity contribution in [2.45, 2.75) is 38.0 Å². The average molecular weight is 348 g/mol. The number of unbranched alkanes of at least 4 members (excludes halogenated alkanes) is 1. The smallest absolute Gasteiger partial charge is 0.191 e. The third kappa shape index (κ3) is 7.04. The van der Waals surface area contributed by atoms with Gasteiger partial charge in [0.2, 0.25) is 0 Å². The van der Waals surface area contributed by atoms with Crippen LogP contribution in [0.15, 0.2) is 35.3 Å². The summed E-state index contributed by atoms with van der Waals surface area (Å²) in [4.78, 5) is 4.29. The molecule has 5 heteroatoms. The van der Waals surface area contributed by atoms with Crippen molar-refractivity contribution in [3.8, 4) is 0 Å². The zero-order valence-electron chi connectivity index (χ0n) is 15.7. The Morgan fingerprint density at radius 3 is 2.40 bits per heavy atom. The molecule has 0 aliphatic heterocycles. The molecule has 0 bridgehead atoms. The van der Waals surface area contributed by atoms with Crippen molar-refractivity contribution in [2.24, 2.45) is 4.99 Å². The van der Waals surface area contributed by atoms with E-state index in [1.54, 1.807) is 7.05 Å². The van der Waals surface area contributed by atoms with Gasteiger partial charge >= 0.3 is 0 Å². The van der Waals surface area contributed by atoms with Gasteiger partial charge < -0.3 is 20.1 Å². The van der Waals surface area contributed by atoms with E-state index in [2.05, 4.69) is 52.9 Å². The van der Waals surface area contributed by atoms with Gasteiger partial charge in [0.05, 0.1) is 19.8 Å². The number of ether oxygens (including phenoxy) is 2. The highest BCUT2D eigenvalue weighted by atomic mass is 16.5. The van der Waals surface area contributed by atoms with Crippen molar-refractivity contribution in [1.29, 1.82) is 0 Å². The Bertz CT molecular complexity index is 501. The van der Waals surface area contributed by atoms with E-state index in [4.69, 9.17) is 9.47 Å². The van der Waals surface area contributed by atoms with E-state index in [9.17, 15) is 0 Å². The van der Waals surface area contributed by atoms with Crippen LogP contribution in [-0.2, 0) is 14.9 Å². The van der Waals surface area contributed by atoms with Gasteiger partial charge in [-0.05, 0) is 24.8 Å². The van der Waals surface area contributed by atoms with Gasteiger partial charge in [0.1, 0.15) is 0 Å². The van der Waals surface area contributed by atoms with Gasteiger partial charge in [-0.3, -0.25) is 4.99 Å². The lowest BCUT2D eigenvalue weighted by Gasteiger charge is -2.19. The molecule has 2 rings (SSSR count). The lowest BCUT2D eigenvalue weighted by atomic mass is 9.96. The third-order valence-corrected chi connectivity index (χ3v) is 4.61. The quantitative estimate of drug-likeness (QED) is 0.347. The molecule has 0 aromatic heterocycles. The lowest BCUT2D eigenvalue weighted by Crippen LogP contribution is -2.42. The molecule has 0 amide bonds. The van der Waals surface area contributed by atoms with E-state index >= 15 is 0 Å². The second kappa shape index (κ2) is 11.1. The molecule has 140 valence electrons. The van der Waals surface area contributed by atoms with Crippen LogP contribution in [-0.4, -0.2) is 52.5 Å². The fraction of sp³-hybridized carbons (Fsp3) is 0.650. The summed E-state index contributed by atoms with van der Waals surface area (Å²) in [6, 6.07) is 10.8. The molecule has 0 atom stereocenters. The van der Waals surface area contributed by atoms with Crippen molar-refractivity contribution < 1.29 is 9.47 Å². The Morgan fingerprint density at radius 2 is 1.76 bits per heavy atom. The first-order chi connectivity index (χ1) is 12.3. The van der Waals surface area contributed by atoms with Crippen LogP contribution in [0.2, 0.25) is 0 Å². The van der Waals surface area contributed by atoms with Gasteiger partial charge in [-0.25, -0.2) is 0 Å². The molecule has 5 nitrogen and oxygen atoms in total. The molecule has 0 saturated heterocycles. The molecule has 1 fully saturated rings. The van der Waals surface area contributed by atoms with Crippen molar-refractivity contribution in [3.05, 3.63) is 35.9 Å². The average Bonchev–Trinajstić information content (AvgIpc) is 3.45. The number of hydrogen-bond donors (Lipinski definition) is 2. The van der Waals surface area contributed by atoms with E-state index < -0.39 is 0 Å². The highest BCUT2D eigenvalue weighted by Gasteiger charge is 2.43. The van der Waals surface area contributed by atoms with Gasteiger partial charge in [0.15, 0.2) is 5.96 Å². The zero-order valence-corrected chi connectivity index (χ0v) is 15.7. The summed E-state index contributed by atoms with van der Waals surface area (Å²) in [7, 11) is 1.81. The maximum absolute atomic E-state index is 5.57. The Labute approximate surface area is 152 Å². The fourth-order valence-electron chi connectivity index (χ4n) is 2.79. The first kappa shape index (κ1) is 19.7. The predicted molar refractivity (Wildman–Crippen MR) is 103 cm³/mol. The van der Waals surface area contributed by atoms with E-state index in [1.807, 2.05) is 0 Å². The first-order valence-electron chi connectivity index (χ1n) is 9.46. The lowest BCUT2D eigenvalue weighted by molar-refractivity contribution is 0.0487. The SMILES string of the molecule is CCCCOCCOCCNC(=NC)NCC1(c2ccccc2)CC1. The van der Waals surface area contributed by atoms with Crippen molar-refractivity contribution in [3.63, 3.8) is 0 Å². The maximum Gasteiger partial charge on any atom is 0.191 e. The minimum absolute atomic E-state index is 0.283. The maximum atomic E-state index is 5.57. The largest absolute Gasteiger partial charge is 0.379 e. The van der Waals surface area contributed by atoms with Crippen LogP contribution < -0.4 is 10.6 Å². The normalized spacial score (nSPS) is 15.8. The molecule has 1 aromatic rings. The van der Waals surface area contributed by atoms with Crippen molar-refractivity contribution >= 4 is 5.96 Å². The highest BCUT2D eigenvalue weighted by molar-refractivity contribution is 5.79. The van der Waals surface area contributed by atoms with E-state index in [-0.39, 0.29) is 5.41 Å². The summed E-state index contributed by atoms with van der Waals surface area (Å²) in [5.74, 6) is 0.838. The molecule has 0 radical (unpaired) electrons. The molecule has 2 N–H and O–H groups in total. The predicted octanol–water partition coefficient (Wildman–Crippen LogP) is 2.72. The van der Waals surface area contributed by atoms with Gasteiger partial charge in [-0.1, -0.05) is 43.7 Å². The Kier molecular flexibility index (Phi) is 8.77. The number of nitrogens with one attached hydrogen (secondary N) is 2. The first-order valence-corrected chi connectivity index (χ1v) is 9.46. The van der Waals surface area contributed by atoms with Gasteiger partial charge in [-0.2, -0.15) is 0 Å². The van der Waals surface area contributed by atoms with Crippen molar-refractivity contribution in [1.82, 2.24) is 10.6 Å². The van der Waals surface area contributed by atoms with Crippen LogP contribution in [0.1, 0.15) is 38.2 Å². The van der Waals surface area contributed by atoms with E-state index in [1.165, 1.54) is 24.8 Å². The summed E-state index contributed by atoms with van der Waals surface area (Å²) < 4.78 is 11.0. The van der Waals surface area contributed by atoms with E-state index in [0.717, 1.165) is 32.1 Å². The standard InChI is InChI=1S/C20H33N3O2/c1-3-4-13-24-15-16-25-14-12-22-19(21-2)23-17-20(10-11-20)18-8-6-5-7-9-18/h5-9H,3-4,10-17H2,1-2H3,(H2,21,22,23). The van der Waals surface area contributed by atoms with Crippen LogP contribution in [0.3, 0.4) is 0 Å². The highest BCUT2D eigenvalue weighted by Crippen LogP contribution is 2.47. The topological polar surface area (TPSA) is 54.9 Å². The summed E-state index contributed by atoms with van der Waals surface area (Å²) in [5, 5.41) is 6.76. The molecule has 1 saturated carbocycles. The molecule has 0 unspecified atom stereocenters. The molecular weight excluding hydrogens is 314 g/mol. The van der Waals surface area contributed by atoms with Crippen LogP contribution in [0, 0.1) is 0 Å². The summed E-state index contributed by atoms with van der Waals surface area (Å²) in [6.45, 7) is 6.63. The number of hydrogen-bond acceptors (Lipinski definition) is 3. The van der Waals surface area contributed by atoms with Crippen LogP contribution in [0.25, 0.3) is 0 Å². The number of nitrogens with zero attached hydrogens (tertiary/aromatic N) is 1. The molecular formula is C20H33N3O2. The monoisotopic (exact) mass is 347 g/mol. The number of benzene rings is 1. The van der Waals surface area contributed by atoms with Gasteiger partial charge in [0.25, 0.3) is 0 Å². The summed E-state index contributed by atoms with van der Waals surface area (Å²) >= 11 is 0. The van der Waals surface area contributed by atoms with Crippen LogP contribution >= 0.6 is 0 Å². The molecule has 0 heterocycles. The van der Waals surface area contributed by atoms with Crippen molar-refractivity contribution in [2.75, 3.05) is 46.6 Å². The summed E-state index contributed by atoms with van der Waals surface area (Å²) in [5.41, 5.74) is 1.70. The molecule has 25 heavy (non-hydrogen) atoms. The molecule has 1 aliphatic rings. The zero-order chi connectivity index (χ0) is 17.8. The second-order valence-electron chi connectivity index (χ2n) is 6.58. The third-order valence-electron chi connectivity index (χ3n) is 4.61. The molecule has 1 aromatic carbocycles. The Morgan fingerprint density at radius 1 is 1.04 bits per heavy atom. The summed E-state index contributed by atoms with van der Waals surface area (Å²) in [6.07, 6.45) is 4.76. The Balaban J connectivity index is 1.56. The van der Waals surface area contributed by atoms with E-state index in [0.29, 0.717) is 19.8 Å².